The second-order valence-corrected chi connectivity index (χ2v) is 13.0. The minimum atomic E-state index is 0.498. The first-order chi connectivity index (χ1) is 25.8. The van der Waals surface area contributed by atoms with Crippen LogP contribution >= 0.6 is 0 Å². The normalized spacial score (nSPS) is 11.5. The van der Waals surface area contributed by atoms with Gasteiger partial charge in [0.1, 0.15) is 0 Å². The molecule has 4 heteroatoms. The molecule has 0 saturated carbocycles. The highest BCUT2D eigenvalue weighted by Crippen LogP contribution is 2.40. The molecule has 0 aliphatic carbocycles. The molecule has 0 unspecified atom stereocenters. The van der Waals surface area contributed by atoms with Gasteiger partial charge in [0, 0.05) is 27.6 Å². The van der Waals surface area contributed by atoms with Gasteiger partial charge in [0.25, 0.3) is 0 Å². The summed E-state index contributed by atoms with van der Waals surface area (Å²) in [6.45, 7) is 0. The van der Waals surface area contributed by atoms with Crippen molar-refractivity contribution in [1.29, 1.82) is 0 Å². The Morgan fingerprint density at radius 3 is 1.40 bits per heavy atom. The van der Waals surface area contributed by atoms with Crippen LogP contribution in [0.25, 0.3) is 94.6 Å². The fourth-order valence-corrected chi connectivity index (χ4v) is 7.58. The molecule has 10 rings (SSSR count). The van der Waals surface area contributed by atoms with E-state index in [1.54, 1.807) is 0 Å². The first-order valence-corrected chi connectivity index (χ1v) is 17.5. The van der Waals surface area contributed by atoms with Crippen LogP contribution in [0.4, 0.5) is 0 Å². The first kappa shape index (κ1) is 29.8. The van der Waals surface area contributed by atoms with Crippen LogP contribution in [0.5, 0.6) is 0 Å². The summed E-state index contributed by atoms with van der Waals surface area (Å²) in [5, 5.41) is 13.6. The van der Waals surface area contributed by atoms with Gasteiger partial charge in [0.05, 0.1) is 11.0 Å². The SMILES string of the molecule is c1ccc(-c2ccccc2-c2ccc(-n3c4ccccc4c4ccccc43)cc2)c(-c2ccc(-c3nnc(-c4cccc5ccccc45)o3)cc2)c1. The van der Waals surface area contributed by atoms with Gasteiger partial charge in [-0.3, -0.25) is 0 Å². The Morgan fingerprint density at radius 1 is 0.327 bits per heavy atom. The third kappa shape index (κ3) is 5.00. The van der Waals surface area contributed by atoms with Crippen molar-refractivity contribution in [2.24, 2.45) is 0 Å². The Balaban J connectivity index is 0.983. The lowest BCUT2D eigenvalue weighted by atomic mass is 9.89. The van der Waals surface area contributed by atoms with Gasteiger partial charge in [-0.25, -0.2) is 0 Å². The Bertz CT molecular complexity index is 2840. The quantitative estimate of drug-likeness (QED) is 0.178. The van der Waals surface area contributed by atoms with Crippen LogP contribution in [-0.4, -0.2) is 14.8 Å². The molecule has 0 atom stereocenters. The molecule has 0 fully saturated rings. The smallest absolute Gasteiger partial charge is 0.248 e. The summed E-state index contributed by atoms with van der Waals surface area (Å²) in [6.07, 6.45) is 0. The van der Waals surface area contributed by atoms with Crippen molar-refractivity contribution in [3.63, 3.8) is 0 Å². The average molecular weight is 666 g/mol. The third-order valence-electron chi connectivity index (χ3n) is 10.0. The number of rotatable bonds is 6. The van der Waals surface area contributed by atoms with Crippen molar-refractivity contribution >= 4 is 32.6 Å². The minimum Gasteiger partial charge on any atom is -0.416 e. The van der Waals surface area contributed by atoms with Gasteiger partial charge in [-0.1, -0.05) is 146 Å². The zero-order chi connectivity index (χ0) is 34.4. The van der Waals surface area contributed by atoms with Gasteiger partial charge >= 0.3 is 0 Å². The van der Waals surface area contributed by atoms with E-state index in [0.29, 0.717) is 11.8 Å². The van der Waals surface area contributed by atoms with E-state index in [1.165, 1.54) is 44.1 Å². The van der Waals surface area contributed by atoms with Gasteiger partial charge in [0.2, 0.25) is 11.8 Å². The van der Waals surface area contributed by atoms with Gasteiger partial charge < -0.3 is 8.98 Å². The Kier molecular flexibility index (Phi) is 7.10. The summed E-state index contributed by atoms with van der Waals surface area (Å²) < 4.78 is 8.58. The summed E-state index contributed by atoms with van der Waals surface area (Å²) in [7, 11) is 0. The largest absolute Gasteiger partial charge is 0.416 e. The number of para-hydroxylation sites is 2. The zero-order valence-electron chi connectivity index (χ0n) is 28.1. The molecule has 0 radical (unpaired) electrons. The summed E-state index contributed by atoms with van der Waals surface area (Å²) >= 11 is 0. The fourth-order valence-electron chi connectivity index (χ4n) is 7.58. The van der Waals surface area contributed by atoms with Crippen LogP contribution in [0.15, 0.2) is 192 Å². The van der Waals surface area contributed by atoms with Crippen LogP contribution in [0, 0.1) is 0 Å². The molecular formula is C48H31N3O. The van der Waals surface area contributed by atoms with E-state index >= 15 is 0 Å². The van der Waals surface area contributed by atoms with Crippen molar-refractivity contribution < 1.29 is 4.42 Å². The molecule has 10 aromatic rings. The van der Waals surface area contributed by atoms with Crippen molar-refractivity contribution in [3.8, 4) is 62.0 Å². The second kappa shape index (κ2) is 12.4. The van der Waals surface area contributed by atoms with E-state index < -0.39 is 0 Å². The molecule has 0 spiro atoms. The number of hydrogen-bond donors (Lipinski definition) is 0. The van der Waals surface area contributed by atoms with E-state index in [-0.39, 0.29) is 0 Å². The Morgan fingerprint density at radius 2 is 0.769 bits per heavy atom. The third-order valence-corrected chi connectivity index (χ3v) is 10.0. The molecule has 0 amide bonds. The topological polar surface area (TPSA) is 43.9 Å². The zero-order valence-corrected chi connectivity index (χ0v) is 28.1. The molecule has 8 aromatic carbocycles. The molecule has 4 nitrogen and oxygen atoms in total. The van der Waals surface area contributed by atoms with Crippen LogP contribution in [0.2, 0.25) is 0 Å². The first-order valence-electron chi connectivity index (χ1n) is 17.5. The average Bonchev–Trinajstić information content (AvgIpc) is 3.85. The molecule has 2 heterocycles. The predicted molar refractivity (Wildman–Crippen MR) is 213 cm³/mol. The number of hydrogen-bond acceptors (Lipinski definition) is 3. The van der Waals surface area contributed by atoms with E-state index in [1.807, 2.05) is 24.3 Å². The maximum absolute atomic E-state index is 6.22. The van der Waals surface area contributed by atoms with Crippen LogP contribution in [-0.2, 0) is 0 Å². The molecule has 244 valence electrons. The van der Waals surface area contributed by atoms with Crippen molar-refractivity contribution in [3.05, 3.63) is 188 Å². The van der Waals surface area contributed by atoms with Crippen molar-refractivity contribution in [1.82, 2.24) is 14.8 Å². The number of aromatic nitrogens is 3. The molecule has 0 bridgehead atoms. The molecule has 2 aromatic heterocycles. The number of fused-ring (bicyclic) bond motifs is 4. The number of benzene rings is 8. The lowest BCUT2D eigenvalue weighted by Gasteiger charge is -2.15. The standard InChI is InChI=1S/C48H31N3O/c1-2-16-39-32(12-1)13-11-21-44(39)48-50-49-47(52-48)35-26-24-33(25-27-35)37-14-3-5-17-40(37)41-18-6-4-15-38(41)34-28-30-36(31-29-34)51-45-22-9-7-19-42(45)43-20-8-10-23-46(43)51/h1-31H. The molecule has 0 aliphatic heterocycles. The van der Waals surface area contributed by atoms with Crippen molar-refractivity contribution in [2.45, 2.75) is 0 Å². The Hall–Kier alpha value is -7.04. The molecule has 0 N–H and O–H groups in total. The van der Waals surface area contributed by atoms with Gasteiger partial charge in [-0.2, -0.15) is 0 Å². The lowest BCUT2D eigenvalue weighted by Crippen LogP contribution is -1.94. The molecule has 0 aliphatic rings. The van der Waals surface area contributed by atoms with Crippen LogP contribution < -0.4 is 0 Å². The molecular weight excluding hydrogens is 635 g/mol. The molecule has 0 saturated heterocycles. The van der Waals surface area contributed by atoms with E-state index in [2.05, 4.69) is 179 Å². The van der Waals surface area contributed by atoms with E-state index in [9.17, 15) is 0 Å². The van der Waals surface area contributed by atoms with Crippen LogP contribution in [0.3, 0.4) is 0 Å². The summed E-state index contributed by atoms with van der Waals surface area (Å²) in [4.78, 5) is 0. The van der Waals surface area contributed by atoms with Crippen LogP contribution in [0.1, 0.15) is 0 Å². The summed E-state index contributed by atoms with van der Waals surface area (Å²) in [5.74, 6) is 1.01. The highest BCUT2D eigenvalue weighted by Gasteiger charge is 2.16. The number of nitrogens with zero attached hydrogens (tertiary/aromatic N) is 3. The van der Waals surface area contributed by atoms with E-state index in [4.69, 9.17) is 4.42 Å². The van der Waals surface area contributed by atoms with Gasteiger partial charge in [-0.05, 0) is 86.6 Å². The summed E-state index contributed by atoms with van der Waals surface area (Å²) in [5.41, 5.74) is 12.4. The highest BCUT2D eigenvalue weighted by molar-refractivity contribution is 6.09. The maximum atomic E-state index is 6.22. The highest BCUT2D eigenvalue weighted by atomic mass is 16.4. The monoisotopic (exact) mass is 665 g/mol. The van der Waals surface area contributed by atoms with Crippen molar-refractivity contribution in [2.75, 3.05) is 0 Å². The van der Waals surface area contributed by atoms with Gasteiger partial charge in [-0.15, -0.1) is 10.2 Å². The minimum absolute atomic E-state index is 0.498. The second-order valence-electron chi connectivity index (χ2n) is 13.0. The predicted octanol–water partition coefficient (Wildman–Crippen LogP) is 12.7. The van der Waals surface area contributed by atoms with E-state index in [0.717, 1.165) is 38.7 Å². The molecule has 52 heavy (non-hydrogen) atoms. The Labute approximate surface area is 300 Å². The maximum Gasteiger partial charge on any atom is 0.248 e. The summed E-state index contributed by atoms with van der Waals surface area (Å²) in [6, 6.07) is 66.3. The van der Waals surface area contributed by atoms with Gasteiger partial charge in [0.15, 0.2) is 0 Å². The fraction of sp³-hybridized carbons (Fsp3) is 0. The lowest BCUT2D eigenvalue weighted by molar-refractivity contribution is 0.585.